The predicted molar refractivity (Wildman–Crippen MR) is 140 cm³/mol. The van der Waals surface area contributed by atoms with E-state index in [-0.39, 0.29) is 11.4 Å². The molecule has 3 heteroatoms. The summed E-state index contributed by atoms with van der Waals surface area (Å²) in [7, 11) is 0. The van der Waals surface area contributed by atoms with Gasteiger partial charge >= 0.3 is 0 Å². The molecule has 0 heterocycles. The first kappa shape index (κ1) is 25.5. The highest BCUT2D eigenvalue weighted by Crippen LogP contribution is 2.39. The Morgan fingerprint density at radius 1 is 0.686 bits per heavy atom. The molecule has 3 aromatic rings. The van der Waals surface area contributed by atoms with Crippen molar-refractivity contribution in [1.82, 2.24) is 0 Å². The first-order valence-electron chi connectivity index (χ1n) is 13.4. The van der Waals surface area contributed by atoms with Gasteiger partial charge in [0.2, 0.25) is 0 Å². The monoisotopic (exact) mass is 478 g/mol. The summed E-state index contributed by atoms with van der Waals surface area (Å²) in [6.07, 6.45) is 10.7. The van der Waals surface area contributed by atoms with E-state index < -0.39 is 11.6 Å². The minimum Gasteiger partial charge on any atom is -0.206 e. The highest BCUT2D eigenvalue weighted by atomic mass is 19.2. The van der Waals surface area contributed by atoms with Crippen LogP contribution in [0.4, 0.5) is 13.2 Å². The fourth-order valence-electron chi connectivity index (χ4n) is 5.61. The van der Waals surface area contributed by atoms with Crippen molar-refractivity contribution in [3.05, 3.63) is 83.2 Å². The molecule has 0 aromatic heterocycles. The summed E-state index contributed by atoms with van der Waals surface area (Å²) >= 11 is 0. The molecular formula is C32H37F3. The van der Waals surface area contributed by atoms with Gasteiger partial charge in [0.25, 0.3) is 0 Å². The van der Waals surface area contributed by atoms with Crippen LogP contribution in [-0.2, 0) is 6.42 Å². The zero-order valence-electron chi connectivity index (χ0n) is 21.1. The molecule has 1 saturated carbocycles. The summed E-state index contributed by atoms with van der Waals surface area (Å²) in [4.78, 5) is 0. The SMILES string of the molecule is CCCCCc1ccc(-c2ccc(-c3ccc(C4CCC(CCC)CC4)cc3F)cc2)c(F)c1F. The van der Waals surface area contributed by atoms with Crippen molar-refractivity contribution in [2.45, 2.75) is 84.0 Å². The Morgan fingerprint density at radius 3 is 1.97 bits per heavy atom. The van der Waals surface area contributed by atoms with Crippen molar-refractivity contribution < 1.29 is 13.2 Å². The molecule has 0 nitrogen and oxygen atoms in total. The van der Waals surface area contributed by atoms with E-state index in [9.17, 15) is 8.78 Å². The molecular weight excluding hydrogens is 441 g/mol. The lowest BCUT2D eigenvalue weighted by atomic mass is 9.77. The molecule has 35 heavy (non-hydrogen) atoms. The van der Waals surface area contributed by atoms with Crippen molar-refractivity contribution in [2.75, 3.05) is 0 Å². The summed E-state index contributed by atoms with van der Waals surface area (Å²) in [5, 5.41) is 0. The van der Waals surface area contributed by atoms with Gasteiger partial charge in [-0.1, -0.05) is 88.1 Å². The fraction of sp³-hybridized carbons (Fsp3) is 0.438. The van der Waals surface area contributed by atoms with Crippen LogP contribution in [-0.4, -0.2) is 0 Å². The van der Waals surface area contributed by atoms with E-state index in [0.29, 0.717) is 29.0 Å². The molecule has 1 aliphatic carbocycles. The van der Waals surface area contributed by atoms with Crippen LogP contribution in [0.1, 0.15) is 88.7 Å². The molecule has 0 N–H and O–H groups in total. The van der Waals surface area contributed by atoms with E-state index in [1.54, 1.807) is 42.5 Å². The van der Waals surface area contributed by atoms with E-state index in [1.807, 2.05) is 6.07 Å². The van der Waals surface area contributed by atoms with Gasteiger partial charge in [0, 0.05) is 11.1 Å². The highest BCUT2D eigenvalue weighted by molar-refractivity contribution is 5.71. The summed E-state index contributed by atoms with van der Waals surface area (Å²) in [5.74, 6) is -0.519. The van der Waals surface area contributed by atoms with Crippen LogP contribution in [0, 0.1) is 23.4 Å². The lowest BCUT2D eigenvalue weighted by Crippen LogP contribution is -2.13. The van der Waals surface area contributed by atoms with Gasteiger partial charge in [-0.25, -0.2) is 13.2 Å². The van der Waals surface area contributed by atoms with Crippen LogP contribution in [0.25, 0.3) is 22.3 Å². The largest absolute Gasteiger partial charge is 0.206 e. The van der Waals surface area contributed by atoms with Gasteiger partial charge in [-0.2, -0.15) is 0 Å². The summed E-state index contributed by atoms with van der Waals surface area (Å²) in [6, 6.07) is 16.0. The van der Waals surface area contributed by atoms with E-state index in [2.05, 4.69) is 19.9 Å². The van der Waals surface area contributed by atoms with Gasteiger partial charge in [-0.3, -0.25) is 0 Å². The molecule has 4 rings (SSSR count). The van der Waals surface area contributed by atoms with Gasteiger partial charge in [0.05, 0.1) is 0 Å². The Labute approximate surface area is 208 Å². The lowest BCUT2D eigenvalue weighted by Gasteiger charge is -2.28. The smallest absolute Gasteiger partial charge is 0.166 e. The normalized spacial score (nSPS) is 18.1. The number of hydrogen-bond donors (Lipinski definition) is 0. The minimum absolute atomic E-state index is 0.223. The summed E-state index contributed by atoms with van der Waals surface area (Å²) < 4.78 is 44.5. The molecule has 3 aromatic carbocycles. The number of halogens is 3. The van der Waals surface area contributed by atoms with E-state index >= 15 is 4.39 Å². The molecule has 0 unspecified atom stereocenters. The first-order chi connectivity index (χ1) is 17.0. The summed E-state index contributed by atoms with van der Waals surface area (Å²) in [5.41, 5.74) is 3.63. The molecule has 0 amide bonds. The molecule has 1 aliphatic rings. The van der Waals surface area contributed by atoms with Crippen LogP contribution in [0.2, 0.25) is 0 Å². The molecule has 0 atom stereocenters. The third kappa shape index (κ3) is 6.00. The average Bonchev–Trinajstić information content (AvgIpc) is 2.88. The minimum atomic E-state index is -0.809. The Kier molecular flexibility index (Phi) is 8.70. The average molecular weight is 479 g/mol. The third-order valence-corrected chi connectivity index (χ3v) is 7.73. The third-order valence-electron chi connectivity index (χ3n) is 7.73. The van der Waals surface area contributed by atoms with E-state index in [4.69, 9.17) is 0 Å². The molecule has 0 bridgehead atoms. The lowest BCUT2D eigenvalue weighted by molar-refractivity contribution is 0.308. The predicted octanol–water partition coefficient (Wildman–Crippen LogP) is 10.2. The molecule has 186 valence electrons. The number of rotatable bonds is 9. The second kappa shape index (κ2) is 11.9. The maximum atomic E-state index is 15.1. The van der Waals surface area contributed by atoms with Gasteiger partial charge in [-0.15, -0.1) is 0 Å². The van der Waals surface area contributed by atoms with Crippen molar-refractivity contribution in [1.29, 1.82) is 0 Å². The molecule has 0 spiro atoms. The van der Waals surface area contributed by atoms with Crippen LogP contribution >= 0.6 is 0 Å². The van der Waals surface area contributed by atoms with Gasteiger partial charge < -0.3 is 0 Å². The van der Waals surface area contributed by atoms with Crippen molar-refractivity contribution >= 4 is 0 Å². The van der Waals surface area contributed by atoms with E-state index in [1.165, 1.54) is 25.7 Å². The number of unbranched alkanes of at least 4 members (excludes halogenated alkanes) is 2. The zero-order valence-corrected chi connectivity index (χ0v) is 21.1. The molecule has 0 radical (unpaired) electrons. The number of benzene rings is 3. The van der Waals surface area contributed by atoms with Crippen LogP contribution in [0.5, 0.6) is 0 Å². The second-order valence-electron chi connectivity index (χ2n) is 10.2. The number of hydrogen-bond acceptors (Lipinski definition) is 0. The first-order valence-corrected chi connectivity index (χ1v) is 13.4. The van der Waals surface area contributed by atoms with Crippen molar-refractivity contribution in [3.63, 3.8) is 0 Å². The highest BCUT2D eigenvalue weighted by Gasteiger charge is 2.23. The Balaban J connectivity index is 1.48. The van der Waals surface area contributed by atoms with Crippen molar-refractivity contribution in [3.8, 4) is 22.3 Å². The second-order valence-corrected chi connectivity index (χ2v) is 10.2. The Bertz CT molecular complexity index is 1110. The van der Waals surface area contributed by atoms with Crippen LogP contribution in [0.3, 0.4) is 0 Å². The molecule has 1 fully saturated rings. The quantitative estimate of drug-likeness (QED) is 0.268. The van der Waals surface area contributed by atoms with Crippen LogP contribution in [0.15, 0.2) is 54.6 Å². The maximum Gasteiger partial charge on any atom is 0.166 e. The van der Waals surface area contributed by atoms with Crippen molar-refractivity contribution in [2.24, 2.45) is 5.92 Å². The van der Waals surface area contributed by atoms with Crippen LogP contribution < -0.4 is 0 Å². The summed E-state index contributed by atoms with van der Waals surface area (Å²) in [6.45, 7) is 4.33. The van der Waals surface area contributed by atoms with Gasteiger partial charge in [-0.05, 0) is 78.7 Å². The maximum absolute atomic E-state index is 15.1. The Hall–Kier alpha value is -2.55. The standard InChI is InChI=1S/C32H37F3/c1-3-5-6-8-26-17-20-29(32(35)31(26)34)25-15-13-24(14-16-25)28-19-18-27(21-30(28)33)23-11-9-22(7-4-2)10-12-23/h13-23H,3-12H2,1-2H3. The van der Waals surface area contributed by atoms with Gasteiger partial charge in [0.1, 0.15) is 5.82 Å². The molecule has 0 saturated heterocycles. The Morgan fingerprint density at radius 2 is 1.34 bits per heavy atom. The zero-order chi connectivity index (χ0) is 24.8. The van der Waals surface area contributed by atoms with Gasteiger partial charge in [0.15, 0.2) is 11.6 Å². The topological polar surface area (TPSA) is 0 Å². The molecule has 0 aliphatic heterocycles. The number of aryl methyl sites for hydroxylation is 1. The fourth-order valence-corrected chi connectivity index (χ4v) is 5.61. The van der Waals surface area contributed by atoms with E-state index in [0.717, 1.165) is 49.1 Å².